The average molecular weight is 249 g/mol. The third kappa shape index (κ3) is 2.16. The quantitative estimate of drug-likeness (QED) is 0.888. The molecule has 1 aromatic carbocycles. The van der Waals surface area contributed by atoms with Crippen LogP contribution in [0.2, 0.25) is 0 Å². The SMILES string of the molecule is CNc1nc(C)c(C)nc1-c1cc(F)ccc1F. The molecule has 0 aliphatic heterocycles. The summed E-state index contributed by atoms with van der Waals surface area (Å²) < 4.78 is 27.0. The number of rotatable bonds is 2. The van der Waals surface area contributed by atoms with E-state index in [-0.39, 0.29) is 5.56 Å². The van der Waals surface area contributed by atoms with Crippen molar-refractivity contribution in [3.8, 4) is 11.3 Å². The molecule has 1 heterocycles. The highest BCUT2D eigenvalue weighted by atomic mass is 19.1. The van der Waals surface area contributed by atoms with Gasteiger partial charge < -0.3 is 5.32 Å². The van der Waals surface area contributed by atoms with E-state index in [1.54, 1.807) is 14.0 Å². The number of hydrogen-bond donors (Lipinski definition) is 1. The second-order valence-electron chi connectivity index (χ2n) is 3.97. The Morgan fingerprint density at radius 3 is 2.39 bits per heavy atom. The number of aryl methyl sites for hydroxylation is 2. The van der Waals surface area contributed by atoms with E-state index in [0.29, 0.717) is 17.2 Å². The Bertz CT molecular complexity index is 597. The van der Waals surface area contributed by atoms with Crippen LogP contribution >= 0.6 is 0 Å². The lowest BCUT2D eigenvalue weighted by Gasteiger charge is -2.11. The second-order valence-corrected chi connectivity index (χ2v) is 3.97. The van der Waals surface area contributed by atoms with Crippen LogP contribution in [0.15, 0.2) is 18.2 Å². The van der Waals surface area contributed by atoms with Gasteiger partial charge in [-0.05, 0) is 32.0 Å². The lowest BCUT2D eigenvalue weighted by molar-refractivity contribution is 0.602. The fourth-order valence-electron chi connectivity index (χ4n) is 1.64. The zero-order valence-corrected chi connectivity index (χ0v) is 10.4. The van der Waals surface area contributed by atoms with Crippen molar-refractivity contribution in [1.82, 2.24) is 9.97 Å². The summed E-state index contributed by atoms with van der Waals surface area (Å²) in [7, 11) is 1.67. The van der Waals surface area contributed by atoms with Crippen LogP contribution in [0.25, 0.3) is 11.3 Å². The zero-order valence-electron chi connectivity index (χ0n) is 10.4. The van der Waals surface area contributed by atoms with Gasteiger partial charge in [0, 0.05) is 12.6 Å². The Morgan fingerprint density at radius 1 is 1.06 bits per heavy atom. The zero-order chi connectivity index (χ0) is 13.3. The molecule has 0 saturated heterocycles. The van der Waals surface area contributed by atoms with Gasteiger partial charge in [-0.15, -0.1) is 0 Å². The van der Waals surface area contributed by atoms with E-state index in [2.05, 4.69) is 15.3 Å². The van der Waals surface area contributed by atoms with Crippen LogP contribution in [0, 0.1) is 25.5 Å². The van der Waals surface area contributed by atoms with Crippen molar-refractivity contribution in [3.63, 3.8) is 0 Å². The fraction of sp³-hybridized carbons (Fsp3) is 0.231. The summed E-state index contributed by atoms with van der Waals surface area (Å²) in [5, 5.41) is 2.85. The van der Waals surface area contributed by atoms with E-state index in [9.17, 15) is 8.78 Å². The van der Waals surface area contributed by atoms with Gasteiger partial charge in [-0.25, -0.2) is 18.7 Å². The number of hydrogen-bond acceptors (Lipinski definition) is 3. The molecule has 5 heteroatoms. The Labute approximate surface area is 104 Å². The molecule has 0 fully saturated rings. The highest BCUT2D eigenvalue weighted by Gasteiger charge is 2.14. The minimum Gasteiger partial charge on any atom is -0.371 e. The summed E-state index contributed by atoms with van der Waals surface area (Å²) in [5.74, 6) is -0.596. The van der Waals surface area contributed by atoms with Gasteiger partial charge in [0.1, 0.15) is 17.3 Å². The van der Waals surface area contributed by atoms with Gasteiger partial charge >= 0.3 is 0 Å². The van der Waals surface area contributed by atoms with Crippen molar-refractivity contribution in [2.24, 2.45) is 0 Å². The molecule has 0 radical (unpaired) electrons. The van der Waals surface area contributed by atoms with Gasteiger partial charge in [0.25, 0.3) is 0 Å². The summed E-state index contributed by atoms with van der Waals surface area (Å²) in [6.07, 6.45) is 0. The molecular formula is C13H13F2N3. The third-order valence-electron chi connectivity index (χ3n) is 2.73. The first-order valence-electron chi connectivity index (χ1n) is 5.51. The Morgan fingerprint density at radius 2 is 1.72 bits per heavy atom. The smallest absolute Gasteiger partial charge is 0.152 e. The monoisotopic (exact) mass is 249 g/mol. The predicted octanol–water partition coefficient (Wildman–Crippen LogP) is 3.08. The number of benzene rings is 1. The molecule has 3 nitrogen and oxygen atoms in total. The van der Waals surface area contributed by atoms with Crippen molar-refractivity contribution in [2.75, 3.05) is 12.4 Å². The third-order valence-corrected chi connectivity index (χ3v) is 2.73. The standard InChI is InChI=1S/C13H13F2N3/c1-7-8(2)18-13(16-3)12(17-7)10-6-9(14)4-5-11(10)15/h4-6H,1-3H3,(H,16,18). The second kappa shape index (κ2) is 4.68. The number of halogens is 2. The van der Waals surface area contributed by atoms with Gasteiger partial charge in [0.05, 0.1) is 11.4 Å². The largest absolute Gasteiger partial charge is 0.371 e. The minimum absolute atomic E-state index is 0.106. The summed E-state index contributed by atoms with van der Waals surface area (Å²) >= 11 is 0. The van der Waals surface area contributed by atoms with E-state index in [1.807, 2.05) is 6.92 Å². The Kier molecular flexibility index (Phi) is 3.23. The maximum Gasteiger partial charge on any atom is 0.152 e. The maximum absolute atomic E-state index is 13.7. The highest BCUT2D eigenvalue weighted by Crippen LogP contribution is 2.28. The van der Waals surface area contributed by atoms with Crippen LogP contribution in [0.4, 0.5) is 14.6 Å². The number of aromatic nitrogens is 2. The minimum atomic E-state index is -0.523. The molecule has 0 unspecified atom stereocenters. The predicted molar refractivity (Wildman–Crippen MR) is 66.4 cm³/mol. The van der Waals surface area contributed by atoms with Crippen LogP contribution in [0.3, 0.4) is 0 Å². The van der Waals surface area contributed by atoms with Gasteiger partial charge in [-0.1, -0.05) is 0 Å². The molecule has 0 aliphatic rings. The molecule has 0 aliphatic carbocycles. The molecule has 0 atom stereocenters. The first-order valence-corrected chi connectivity index (χ1v) is 5.51. The van der Waals surface area contributed by atoms with E-state index in [4.69, 9.17) is 0 Å². The molecule has 0 saturated carbocycles. The normalized spacial score (nSPS) is 10.5. The van der Waals surface area contributed by atoms with E-state index in [1.165, 1.54) is 0 Å². The van der Waals surface area contributed by atoms with Gasteiger partial charge in [0.15, 0.2) is 5.82 Å². The van der Waals surface area contributed by atoms with Crippen LogP contribution < -0.4 is 5.32 Å². The molecule has 0 bridgehead atoms. The molecule has 1 N–H and O–H groups in total. The van der Waals surface area contributed by atoms with E-state index in [0.717, 1.165) is 23.9 Å². The van der Waals surface area contributed by atoms with E-state index < -0.39 is 11.6 Å². The lowest BCUT2D eigenvalue weighted by Crippen LogP contribution is -2.04. The maximum atomic E-state index is 13.7. The van der Waals surface area contributed by atoms with E-state index >= 15 is 0 Å². The van der Waals surface area contributed by atoms with Gasteiger partial charge in [0.2, 0.25) is 0 Å². The molecule has 2 aromatic rings. The van der Waals surface area contributed by atoms with Gasteiger partial charge in [-0.2, -0.15) is 0 Å². The van der Waals surface area contributed by atoms with Crippen molar-refractivity contribution in [1.29, 1.82) is 0 Å². The van der Waals surface area contributed by atoms with Crippen LogP contribution in [0.1, 0.15) is 11.4 Å². The van der Waals surface area contributed by atoms with Gasteiger partial charge in [-0.3, -0.25) is 0 Å². The van der Waals surface area contributed by atoms with Crippen molar-refractivity contribution >= 4 is 5.82 Å². The topological polar surface area (TPSA) is 37.8 Å². The number of nitrogens with one attached hydrogen (secondary N) is 1. The first kappa shape index (κ1) is 12.4. The van der Waals surface area contributed by atoms with Crippen molar-refractivity contribution in [2.45, 2.75) is 13.8 Å². The summed E-state index contributed by atoms with van der Waals surface area (Å²) in [5.41, 5.74) is 1.86. The Hall–Kier alpha value is -2.04. The summed E-state index contributed by atoms with van der Waals surface area (Å²) in [6.45, 7) is 3.59. The summed E-state index contributed by atoms with van der Waals surface area (Å²) in [6, 6.07) is 3.28. The molecular weight excluding hydrogens is 236 g/mol. The molecule has 0 spiro atoms. The molecule has 94 valence electrons. The van der Waals surface area contributed by atoms with Crippen LogP contribution in [-0.4, -0.2) is 17.0 Å². The summed E-state index contributed by atoms with van der Waals surface area (Å²) in [4.78, 5) is 8.56. The van der Waals surface area contributed by atoms with Crippen LogP contribution in [0.5, 0.6) is 0 Å². The molecule has 1 aromatic heterocycles. The molecule has 18 heavy (non-hydrogen) atoms. The molecule has 2 rings (SSSR count). The van der Waals surface area contributed by atoms with Crippen LogP contribution in [-0.2, 0) is 0 Å². The number of nitrogens with zero attached hydrogens (tertiary/aromatic N) is 2. The first-order chi connectivity index (χ1) is 8.52. The number of anilines is 1. The Balaban J connectivity index is 2.69. The lowest BCUT2D eigenvalue weighted by atomic mass is 10.1. The highest BCUT2D eigenvalue weighted by molar-refractivity contribution is 5.72. The molecule has 0 amide bonds. The van der Waals surface area contributed by atoms with Crippen molar-refractivity contribution < 1.29 is 8.78 Å². The average Bonchev–Trinajstić information content (AvgIpc) is 2.35. The van der Waals surface area contributed by atoms with Crippen molar-refractivity contribution in [3.05, 3.63) is 41.2 Å². The fourth-order valence-corrected chi connectivity index (χ4v) is 1.64.